The second-order valence-corrected chi connectivity index (χ2v) is 5.99. The van der Waals surface area contributed by atoms with Crippen molar-refractivity contribution >= 4 is 11.9 Å². The van der Waals surface area contributed by atoms with Gasteiger partial charge in [0.1, 0.15) is 6.26 Å². The lowest BCUT2D eigenvalue weighted by atomic mass is 9.85. The van der Waals surface area contributed by atoms with Crippen LogP contribution in [0.1, 0.15) is 65.3 Å². The van der Waals surface area contributed by atoms with Gasteiger partial charge in [-0.2, -0.15) is 5.10 Å². The summed E-state index contributed by atoms with van der Waals surface area (Å²) in [6, 6.07) is 0. The number of carbonyl (C=O) groups is 1. The maximum Gasteiger partial charge on any atom is 0.191 e. The predicted octanol–water partition coefficient (Wildman–Crippen LogP) is 3.66. The van der Waals surface area contributed by atoms with Crippen molar-refractivity contribution in [3.05, 3.63) is 41.1 Å². The zero-order valence-electron chi connectivity index (χ0n) is 13.1. The number of aryl methyl sites for hydroxylation is 2. The van der Waals surface area contributed by atoms with Crippen molar-refractivity contribution in [1.82, 2.24) is 14.9 Å². The molecule has 2 aromatic rings. The standard InChI is InChI=1S/C17H21N3O2/c1-12-15(11-22-19-12)16(21)9-8-14-10-20(2)18-17(14)13-6-4-3-5-7-13/h8-11,13H,3-7H2,1-2H3/b9-8+. The van der Waals surface area contributed by atoms with E-state index in [1.807, 2.05) is 24.0 Å². The predicted molar refractivity (Wildman–Crippen MR) is 83.6 cm³/mol. The molecular formula is C17H21N3O2. The van der Waals surface area contributed by atoms with Crippen LogP contribution < -0.4 is 0 Å². The summed E-state index contributed by atoms with van der Waals surface area (Å²) in [5.74, 6) is 0.430. The molecule has 0 aliphatic heterocycles. The van der Waals surface area contributed by atoms with Gasteiger partial charge in [-0.3, -0.25) is 9.48 Å². The van der Waals surface area contributed by atoms with Crippen LogP contribution in [0.3, 0.4) is 0 Å². The fourth-order valence-corrected chi connectivity index (χ4v) is 3.13. The molecule has 0 aromatic carbocycles. The molecule has 0 amide bonds. The molecule has 3 rings (SSSR count). The largest absolute Gasteiger partial charge is 0.364 e. The summed E-state index contributed by atoms with van der Waals surface area (Å²) in [7, 11) is 1.93. The lowest BCUT2D eigenvalue weighted by Crippen LogP contribution is -2.07. The third-order valence-corrected chi connectivity index (χ3v) is 4.31. The molecule has 2 aromatic heterocycles. The van der Waals surface area contributed by atoms with Gasteiger partial charge in [-0.05, 0) is 31.9 Å². The highest BCUT2D eigenvalue weighted by atomic mass is 16.5. The van der Waals surface area contributed by atoms with Crippen LogP contribution in [0.5, 0.6) is 0 Å². The number of hydrogen-bond donors (Lipinski definition) is 0. The van der Waals surface area contributed by atoms with Gasteiger partial charge >= 0.3 is 0 Å². The Morgan fingerprint density at radius 3 is 2.82 bits per heavy atom. The van der Waals surface area contributed by atoms with Crippen molar-refractivity contribution in [3.8, 4) is 0 Å². The molecule has 0 atom stereocenters. The minimum Gasteiger partial charge on any atom is -0.364 e. The molecule has 1 aliphatic carbocycles. The lowest BCUT2D eigenvalue weighted by molar-refractivity contribution is 0.104. The molecule has 1 saturated carbocycles. The summed E-state index contributed by atoms with van der Waals surface area (Å²) in [6.45, 7) is 1.77. The van der Waals surface area contributed by atoms with Crippen LogP contribution >= 0.6 is 0 Å². The molecule has 5 nitrogen and oxygen atoms in total. The summed E-state index contributed by atoms with van der Waals surface area (Å²) in [5, 5.41) is 8.36. The molecular weight excluding hydrogens is 278 g/mol. The van der Waals surface area contributed by atoms with Crippen molar-refractivity contribution in [2.24, 2.45) is 7.05 Å². The van der Waals surface area contributed by atoms with Gasteiger partial charge in [-0.25, -0.2) is 0 Å². The highest BCUT2D eigenvalue weighted by Crippen LogP contribution is 2.33. The Labute approximate surface area is 130 Å². The van der Waals surface area contributed by atoms with Crippen molar-refractivity contribution in [2.75, 3.05) is 0 Å². The summed E-state index contributed by atoms with van der Waals surface area (Å²) in [5.41, 5.74) is 3.29. The first-order valence-electron chi connectivity index (χ1n) is 7.82. The van der Waals surface area contributed by atoms with Crippen LogP contribution in [-0.2, 0) is 7.05 Å². The van der Waals surface area contributed by atoms with Gasteiger partial charge in [0.2, 0.25) is 0 Å². The topological polar surface area (TPSA) is 60.9 Å². The minimum absolute atomic E-state index is 0.0859. The number of nitrogens with zero attached hydrogens (tertiary/aromatic N) is 3. The van der Waals surface area contributed by atoms with Crippen molar-refractivity contribution in [1.29, 1.82) is 0 Å². The number of ketones is 1. The highest BCUT2D eigenvalue weighted by Gasteiger charge is 2.20. The Balaban J connectivity index is 1.81. The number of aromatic nitrogens is 3. The van der Waals surface area contributed by atoms with E-state index in [1.54, 1.807) is 13.0 Å². The lowest BCUT2D eigenvalue weighted by Gasteiger charge is -2.20. The van der Waals surface area contributed by atoms with E-state index >= 15 is 0 Å². The zero-order valence-corrected chi connectivity index (χ0v) is 13.1. The Kier molecular flexibility index (Phi) is 4.22. The molecule has 0 N–H and O–H groups in total. The highest BCUT2D eigenvalue weighted by molar-refractivity contribution is 6.07. The molecule has 0 bridgehead atoms. The van der Waals surface area contributed by atoms with Crippen LogP contribution in [0.2, 0.25) is 0 Å². The van der Waals surface area contributed by atoms with E-state index in [1.165, 1.54) is 38.4 Å². The molecule has 22 heavy (non-hydrogen) atoms. The second kappa shape index (κ2) is 6.30. The summed E-state index contributed by atoms with van der Waals surface area (Å²) in [6.07, 6.45) is 13.1. The van der Waals surface area contributed by atoms with Crippen LogP contribution in [0.15, 0.2) is 23.1 Å². The molecule has 0 spiro atoms. The van der Waals surface area contributed by atoms with Crippen LogP contribution in [0.25, 0.3) is 6.08 Å². The molecule has 0 radical (unpaired) electrons. The van der Waals surface area contributed by atoms with E-state index in [2.05, 4.69) is 10.3 Å². The molecule has 0 unspecified atom stereocenters. The first kappa shape index (κ1) is 14.8. The SMILES string of the molecule is Cc1nocc1C(=O)/C=C/c1cn(C)nc1C1CCCCC1. The van der Waals surface area contributed by atoms with Gasteiger partial charge in [0.05, 0.1) is 17.0 Å². The van der Waals surface area contributed by atoms with Crippen LogP contribution in [0.4, 0.5) is 0 Å². The maximum absolute atomic E-state index is 12.2. The Morgan fingerprint density at radius 1 is 1.36 bits per heavy atom. The Bertz CT molecular complexity index is 691. The van der Waals surface area contributed by atoms with E-state index in [9.17, 15) is 4.79 Å². The van der Waals surface area contributed by atoms with Crippen LogP contribution in [-0.4, -0.2) is 20.7 Å². The average molecular weight is 299 g/mol. The van der Waals surface area contributed by atoms with Gasteiger partial charge in [0, 0.05) is 24.7 Å². The number of allylic oxidation sites excluding steroid dienone is 1. The second-order valence-electron chi connectivity index (χ2n) is 5.99. The van der Waals surface area contributed by atoms with Crippen LogP contribution in [0, 0.1) is 6.92 Å². The van der Waals surface area contributed by atoms with E-state index in [-0.39, 0.29) is 5.78 Å². The monoisotopic (exact) mass is 299 g/mol. The van der Waals surface area contributed by atoms with Gasteiger partial charge < -0.3 is 4.52 Å². The van der Waals surface area contributed by atoms with Gasteiger partial charge in [-0.15, -0.1) is 0 Å². The summed E-state index contributed by atoms with van der Waals surface area (Å²) < 4.78 is 6.65. The van der Waals surface area contributed by atoms with Gasteiger partial charge in [0.25, 0.3) is 0 Å². The van der Waals surface area contributed by atoms with Crippen molar-refractivity contribution < 1.29 is 9.32 Å². The average Bonchev–Trinajstić information content (AvgIpc) is 3.11. The molecule has 0 saturated heterocycles. The maximum atomic E-state index is 12.2. The van der Waals surface area contributed by atoms with E-state index in [4.69, 9.17) is 4.52 Å². The van der Waals surface area contributed by atoms with Gasteiger partial charge in [-0.1, -0.05) is 24.4 Å². The fourth-order valence-electron chi connectivity index (χ4n) is 3.13. The third-order valence-electron chi connectivity index (χ3n) is 4.31. The number of hydrogen-bond acceptors (Lipinski definition) is 4. The fraction of sp³-hybridized carbons (Fsp3) is 0.471. The zero-order chi connectivity index (χ0) is 15.5. The number of carbonyl (C=O) groups excluding carboxylic acids is 1. The third kappa shape index (κ3) is 3.03. The molecule has 2 heterocycles. The smallest absolute Gasteiger partial charge is 0.191 e. The summed E-state index contributed by atoms with van der Waals surface area (Å²) >= 11 is 0. The minimum atomic E-state index is -0.0859. The quantitative estimate of drug-likeness (QED) is 0.638. The number of rotatable bonds is 4. The van der Waals surface area contributed by atoms with Gasteiger partial charge in [0.15, 0.2) is 5.78 Å². The first-order chi connectivity index (χ1) is 10.6. The van der Waals surface area contributed by atoms with Crippen molar-refractivity contribution in [2.45, 2.75) is 44.9 Å². The first-order valence-corrected chi connectivity index (χ1v) is 7.82. The summed E-state index contributed by atoms with van der Waals surface area (Å²) in [4.78, 5) is 12.2. The molecule has 5 heteroatoms. The van der Waals surface area contributed by atoms with E-state index in [0.717, 1.165) is 11.3 Å². The normalized spacial score (nSPS) is 16.5. The molecule has 116 valence electrons. The Morgan fingerprint density at radius 2 is 2.14 bits per heavy atom. The molecule has 1 aliphatic rings. The Hall–Kier alpha value is -2.17. The van der Waals surface area contributed by atoms with E-state index in [0.29, 0.717) is 17.2 Å². The molecule has 1 fully saturated rings. The van der Waals surface area contributed by atoms with E-state index < -0.39 is 0 Å². The van der Waals surface area contributed by atoms with Crippen molar-refractivity contribution in [3.63, 3.8) is 0 Å².